The van der Waals surface area contributed by atoms with E-state index in [1.165, 1.54) is 0 Å². The smallest absolute Gasteiger partial charge is 0.306 e. The predicted molar refractivity (Wildman–Crippen MR) is 69.2 cm³/mol. The van der Waals surface area contributed by atoms with E-state index in [0.29, 0.717) is 19.5 Å². The highest BCUT2D eigenvalue weighted by Crippen LogP contribution is 2.31. The molecule has 0 heterocycles. The highest BCUT2D eigenvalue weighted by molar-refractivity contribution is 5.76. The van der Waals surface area contributed by atoms with Crippen molar-refractivity contribution in [2.75, 3.05) is 13.1 Å². The highest BCUT2D eigenvalue weighted by atomic mass is 16.4. The maximum absolute atomic E-state index is 11.4. The van der Waals surface area contributed by atoms with E-state index in [4.69, 9.17) is 5.11 Å². The number of hydrogen-bond acceptors (Lipinski definition) is 3. The van der Waals surface area contributed by atoms with Gasteiger partial charge in [0, 0.05) is 19.0 Å². The number of aliphatic carboxylic acids is 1. The second kappa shape index (κ2) is 7.36. The minimum atomic E-state index is -0.683. The van der Waals surface area contributed by atoms with Crippen molar-refractivity contribution in [2.24, 2.45) is 11.8 Å². The molecule has 1 amide bonds. The molecule has 0 saturated heterocycles. The van der Waals surface area contributed by atoms with E-state index in [9.17, 15) is 9.59 Å². The van der Waals surface area contributed by atoms with Crippen molar-refractivity contribution in [3.05, 3.63) is 0 Å². The molecule has 3 N–H and O–H groups in total. The van der Waals surface area contributed by atoms with Crippen LogP contribution in [0.1, 0.15) is 39.5 Å². The molecule has 18 heavy (non-hydrogen) atoms. The first-order chi connectivity index (χ1) is 8.50. The van der Waals surface area contributed by atoms with Gasteiger partial charge in [0.25, 0.3) is 0 Å². The van der Waals surface area contributed by atoms with Crippen LogP contribution in [0.15, 0.2) is 0 Å². The zero-order valence-corrected chi connectivity index (χ0v) is 11.2. The van der Waals surface area contributed by atoms with Gasteiger partial charge in [0.05, 0.1) is 5.92 Å². The van der Waals surface area contributed by atoms with Crippen LogP contribution in [-0.4, -0.2) is 36.1 Å². The van der Waals surface area contributed by atoms with Crippen molar-refractivity contribution in [3.8, 4) is 0 Å². The Morgan fingerprint density at radius 3 is 2.67 bits per heavy atom. The summed E-state index contributed by atoms with van der Waals surface area (Å²) in [6, 6.07) is 0.170. The lowest BCUT2D eigenvalue weighted by Crippen LogP contribution is -2.34. The number of carbonyl (C=O) groups is 2. The normalized spacial score (nSPS) is 23.3. The first-order valence-corrected chi connectivity index (χ1v) is 6.73. The fourth-order valence-corrected chi connectivity index (χ4v) is 2.49. The van der Waals surface area contributed by atoms with Gasteiger partial charge < -0.3 is 15.7 Å². The fourth-order valence-electron chi connectivity index (χ4n) is 2.49. The summed E-state index contributed by atoms with van der Waals surface area (Å²) < 4.78 is 0. The van der Waals surface area contributed by atoms with Crippen LogP contribution in [0.3, 0.4) is 0 Å². The zero-order valence-electron chi connectivity index (χ0n) is 11.2. The summed E-state index contributed by atoms with van der Waals surface area (Å²) in [6.07, 6.45) is 3.21. The molecule has 1 saturated carbocycles. The topological polar surface area (TPSA) is 78.4 Å². The Balaban J connectivity index is 2.14. The van der Waals surface area contributed by atoms with Crippen molar-refractivity contribution in [3.63, 3.8) is 0 Å². The van der Waals surface area contributed by atoms with Gasteiger partial charge in [-0.2, -0.15) is 0 Å². The first kappa shape index (κ1) is 15.0. The lowest BCUT2D eigenvalue weighted by molar-refractivity contribution is -0.142. The van der Waals surface area contributed by atoms with Crippen molar-refractivity contribution >= 4 is 11.9 Å². The van der Waals surface area contributed by atoms with Gasteiger partial charge in [-0.25, -0.2) is 0 Å². The monoisotopic (exact) mass is 256 g/mol. The average Bonchev–Trinajstić information content (AvgIpc) is 2.71. The molecule has 5 nitrogen and oxygen atoms in total. The second-order valence-electron chi connectivity index (χ2n) is 5.31. The minimum Gasteiger partial charge on any atom is -0.481 e. The van der Waals surface area contributed by atoms with Gasteiger partial charge in [-0.3, -0.25) is 9.59 Å². The van der Waals surface area contributed by atoms with E-state index >= 15 is 0 Å². The number of carboxylic acid groups (broad SMARTS) is 1. The van der Waals surface area contributed by atoms with Crippen LogP contribution in [0.2, 0.25) is 0 Å². The number of rotatable bonds is 7. The SMILES string of the molecule is CC(C)NC(=O)CCNCC1CCCC1C(=O)O. The van der Waals surface area contributed by atoms with Crippen molar-refractivity contribution in [1.29, 1.82) is 0 Å². The maximum atomic E-state index is 11.4. The van der Waals surface area contributed by atoms with Crippen molar-refractivity contribution < 1.29 is 14.7 Å². The van der Waals surface area contributed by atoms with Crippen LogP contribution in [0.5, 0.6) is 0 Å². The molecule has 1 aliphatic rings. The standard InChI is InChI=1S/C13H24N2O3/c1-9(2)15-12(16)6-7-14-8-10-4-3-5-11(10)13(17)18/h9-11,14H,3-8H2,1-2H3,(H,15,16)(H,17,18). The van der Waals surface area contributed by atoms with E-state index in [-0.39, 0.29) is 23.8 Å². The summed E-state index contributed by atoms with van der Waals surface area (Å²) in [6.45, 7) is 5.18. The Morgan fingerprint density at radius 2 is 2.06 bits per heavy atom. The van der Waals surface area contributed by atoms with Gasteiger partial charge in [-0.15, -0.1) is 0 Å². The van der Waals surface area contributed by atoms with E-state index in [1.54, 1.807) is 0 Å². The molecular weight excluding hydrogens is 232 g/mol. The molecule has 1 rings (SSSR count). The predicted octanol–water partition coefficient (Wildman–Crippen LogP) is 0.992. The summed E-state index contributed by atoms with van der Waals surface area (Å²) in [5.41, 5.74) is 0. The van der Waals surface area contributed by atoms with Crippen LogP contribution in [0.25, 0.3) is 0 Å². The number of nitrogens with one attached hydrogen (secondary N) is 2. The number of amides is 1. The summed E-state index contributed by atoms with van der Waals surface area (Å²) in [5, 5.41) is 15.1. The molecule has 0 aromatic heterocycles. The molecule has 0 spiro atoms. The molecule has 0 radical (unpaired) electrons. The largest absolute Gasteiger partial charge is 0.481 e. The lowest BCUT2D eigenvalue weighted by atomic mass is 9.96. The van der Waals surface area contributed by atoms with E-state index in [2.05, 4.69) is 10.6 Å². The van der Waals surface area contributed by atoms with Gasteiger partial charge in [0.1, 0.15) is 0 Å². The molecule has 0 aromatic carbocycles. The molecule has 104 valence electrons. The molecule has 0 bridgehead atoms. The van der Waals surface area contributed by atoms with Gasteiger partial charge in [-0.05, 0) is 39.2 Å². The Labute approximate surface area is 108 Å². The van der Waals surface area contributed by atoms with E-state index in [1.807, 2.05) is 13.8 Å². The summed E-state index contributed by atoms with van der Waals surface area (Å²) in [7, 11) is 0. The summed E-state index contributed by atoms with van der Waals surface area (Å²) >= 11 is 0. The molecule has 5 heteroatoms. The number of hydrogen-bond donors (Lipinski definition) is 3. The molecule has 1 fully saturated rings. The van der Waals surface area contributed by atoms with Crippen molar-refractivity contribution in [2.45, 2.75) is 45.6 Å². The third-order valence-electron chi connectivity index (χ3n) is 3.36. The van der Waals surface area contributed by atoms with Crippen LogP contribution in [0.4, 0.5) is 0 Å². The van der Waals surface area contributed by atoms with Gasteiger partial charge in [0.2, 0.25) is 5.91 Å². The zero-order chi connectivity index (χ0) is 13.5. The van der Waals surface area contributed by atoms with Crippen LogP contribution < -0.4 is 10.6 Å². The quantitative estimate of drug-likeness (QED) is 0.594. The first-order valence-electron chi connectivity index (χ1n) is 6.73. The minimum absolute atomic E-state index is 0.0405. The highest BCUT2D eigenvalue weighted by Gasteiger charge is 2.32. The summed E-state index contributed by atoms with van der Waals surface area (Å²) in [5.74, 6) is -0.631. The fraction of sp³-hybridized carbons (Fsp3) is 0.846. The Kier molecular flexibility index (Phi) is 6.12. The lowest BCUT2D eigenvalue weighted by Gasteiger charge is -2.16. The maximum Gasteiger partial charge on any atom is 0.306 e. The molecule has 2 atom stereocenters. The van der Waals surface area contributed by atoms with Crippen LogP contribution >= 0.6 is 0 Å². The molecule has 0 aromatic rings. The Morgan fingerprint density at radius 1 is 1.33 bits per heavy atom. The van der Waals surface area contributed by atoms with Gasteiger partial charge in [0.15, 0.2) is 0 Å². The molecular formula is C13H24N2O3. The van der Waals surface area contributed by atoms with Gasteiger partial charge in [-0.1, -0.05) is 6.42 Å². The number of carbonyl (C=O) groups excluding carboxylic acids is 1. The second-order valence-corrected chi connectivity index (χ2v) is 5.31. The van der Waals surface area contributed by atoms with Gasteiger partial charge >= 0.3 is 5.97 Å². The van der Waals surface area contributed by atoms with E-state index in [0.717, 1.165) is 19.3 Å². The summed E-state index contributed by atoms with van der Waals surface area (Å²) in [4.78, 5) is 22.4. The van der Waals surface area contributed by atoms with Crippen LogP contribution in [-0.2, 0) is 9.59 Å². The third-order valence-corrected chi connectivity index (χ3v) is 3.36. The average molecular weight is 256 g/mol. The molecule has 1 aliphatic carbocycles. The third kappa shape index (κ3) is 5.04. The number of carboxylic acids is 1. The Hall–Kier alpha value is -1.10. The van der Waals surface area contributed by atoms with E-state index < -0.39 is 5.97 Å². The Bertz CT molecular complexity index is 292. The molecule has 0 aliphatic heterocycles. The molecule has 2 unspecified atom stereocenters. The van der Waals surface area contributed by atoms with Crippen molar-refractivity contribution in [1.82, 2.24) is 10.6 Å². The van der Waals surface area contributed by atoms with Crippen LogP contribution in [0, 0.1) is 11.8 Å².